The number of benzene rings is 1. The number of rotatable bonds is 4. The van der Waals surface area contributed by atoms with Crippen LogP contribution in [0, 0.1) is 5.92 Å². The molecule has 1 fully saturated rings. The summed E-state index contributed by atoms with van der Waals surface area (Å²) in [4.78, 5) is 2.44. The van der Waals surface area contributed by atoms with E-state index in [4.69, 9.17) is 5.73 Å². The van der Waals surface area contributed by atoms with Gasteiger partial charge >= 0.3 is 0 Å². The Bertz CT molecular complexity index is 554. The number of nitrogens with zero attached hydrogens (tertiary/aromatic N) is 2. The quantitative estimate of drug-likeness (QED) is 0.889. The summed E-state index contributed by atoms with van der Waals surface area (Å²) in [5, 5.41) is 0. The highest BCUT2D eigenvalue weighted by Crippen LogP contribution is 2.26. The smallest absolute Gasteiger partial charge is 0.243 e. The monoisotopic (exact) mass is 297 g/mol. The van der Waals surface area contributed by atoms with Gasteiger partial charge in [-0.25, -0.2) is 8.42 Å². The van der Waals surface area contributed by atoms with Crippen molar-refractivity contribution in [2.45, 2.75) is 24.4 Å². The number of hydrogen-bond donors (Lipinski definition) is 1. The Morgan fingerprint density at radius 1 is 1.25 bits per heavy atom. The lowest BCUT2D eigenvalue weighted by Crippen LogP contribution is -2.35. The van der Waals surface area contributed by atoms with Gasteiger partial charge in [-0.3, -0.25) is 0 Å². The molecular weight excluding hydrogens is 274 g/mol. The van der Waals surface area contributed by atoms with Crippen LogP contribution in [0.4, 0.5) is 0 Å². The molecule has 6 heteroatoms. The van der Waals surface area contributed by atoms with Crippen molar-refractivity contribution in [3.63, 3.8) is 0 Å². The molecule has 2 unspecified atom stereocenters. The van der Waals surface area contributed by atoms with Gasteiger partial charge in [0.25, 0.3) is 0 Å². The van der Waals surface area contributed by atoms with Gasteiger partial charge in [-0.15, -0.1) is 0 Å². The zero-order valence-corrected chi connectivity index (χ0v) is 13.1. The highest BCUT2D eigenvalue weighted by Gasteiger charge is 2.37. The molecule has 1 aromatic carbocycles. The van der Waals surface area contributed by atoms with E-state index in [9.17, 15) is 8.42 Å². The Morgan fingerprint density at radius 3 is 2.30 bits per heavy atom. The van der Waals surface area contributed by atoms with Gasteiger partial charge in [0.05, 0.1) is 4.90 Å². The van der Waals surface area contributed by atoms with E-state index in [0.717, 1.165) is 5.56 Å². The third-order valence-electron chi connectivity index (χ3n) is 4.00. The van der Waals surface area contributed by atoms with E-state index >= 15 is 0 Å². The molecule has 0 saturated carbocycles. The van der Waals surface area contributed by atoms with E-state index in [1.807, 2.05) is 14.1 Å². The second-order valence-corrected chi connectivity index (χ2v) is 7.62. The van der Waals surface area contributed by atoms with Crippen LogP contribution in [0.5, 0.6) is 0 Å². The van der Waals surface area contributed by atoms with Crippen LogP contribution in [-0.2, 0) is 16.6 Å². The van der Waals surface area contributed by atoms with Crippen molar-refractivity contribution < 1.29 is 8.42 Å². The van der Waals surface area contributed by atoms with Gasteiger partial charge in [-0.1, -0.05) is 19.1 Å². The predicted molar refractivity (Wildman–Crippen MR) is 79.7 cm³/mol. The zero-order chi connectivity index (χ0) is 14.9. The number of likely N-dealkylation sites (N-methyl/N-ethyl adjacent to an activating group) is 1. The SMILES string of the molecule is CC1CN(S(=O)(=O)c2ccc(CN)cc2)CC1N(C)C. The van der Waals surface area contributed by atoms with Gasteiger partial charge in [-0.05, 0) is 37.7 Å². The molecule has 1 aromatic rings. The van der Waals surface area contributed by atoms with Crippen LogP contribution < -0.4 is 5.73 Å². The van der Waals surface area contributed by atoms with Gasteiger partial charge in [-0.2, -0.15) is 4.31 Å². The third kappa shape index (κ3) is 2.88. The predicted octanol–water partition coefficient (Wildman–Crippen LogP) is 0.716. The van der Waals surface area contributed by atoms with Crippen molar-refractivity contribution in [1.29, 1.82) is 0 Å². The Kier molecular flexibility index (Phi) is 4.49. The normalized spacial score (nSPS) is 24.4. The molecule has 0 aromatic heterocycles. The summed E-state index contributed by atoms with van der Waals surface area (Å²) in [7, 11) is 0.590. The van der Waals surface area contributed by atoms with E-state index in [2.05, 4.69) is 11.8 Å². The standard InChI is InChI=1S/C14H23N3O2S/c1-11-9-17(10-14(11)16(2)3)20(18,19)13-6-4-12(8-15)5-7-13/h4-7,11,14H,8-10,15H2,1-3H3. The van der Waals surface area contributed by atoms with Crippen LogP contribution in [0.25, 0.3) is 0 Å². The number of nitrogens with two attached hydrogens (primary N) is 1. The Morgan fingerprint density at radius 2 is 1.85 bits per heavy atom. The molecular formula is C14H23N3O2S. The lowest BCUT2D eigenvalue weighted by Gasteiger charge is -2.22. The first kappa shape index (κ1) is 15.4. The van der Waals surface area contributed by atoms with Crippen LogP contribution in [-0.4, -0.2) is 50.8 Å². The van der Waals surface area contributed by atoms with Crippen LogP contribution in [0.3, 0.4) is 0 Å². The highest BCUT2D eigenvalue weighted by atomic mass is 32.2. The molecule has 1 aliphatic rings. The number of sulfonamides is 1. The minimum atomic E-state index is -3.40. The molecule has 1 saturated heterocycles. The molecule has 0 aliphatic carbocycles. The highest BCUT2D eigenvalue weighted by molar-refractivity contribution is 7.89. The van der Waals surface area contributed by atoms with E-state index in [-0.39, 0.29) is 6.04 Å². The maximum atomic E-state index is 12.6. The maximum Gasteiger partial charge on any atom is 0.243 e. The molecule has 1 aliphatic heterocycles. The first-order valence-corrected chi connectivity index (χ1v) is 8.26. The van der Waals surface area contributed by atoms with Crippen molar-refractivity contribution in [3.8, 4) is 0 Å². The lowest BCUT2D eigenvalue weighted by atomic mass is 10.1. The fourth-order valence-electron chi connectivity index (χ4n) is 2.72. The summed E-state index contributed by atoms with van der Waals surface area (Å²) in [6.07, 6.45) is 0. The van der Waals surface area contributed by atoms with Gasteiger partial charge in [0.1, 0.15) is 0 Å². The zero-order valence-electron chi connectivity index (χ0n) is 12.3. The van der Waals surface area contributed by atoms with Crippen molar-refractivity contribution in [1.82, 2.24) is 9.21 Å². The summed E-state index contributed by atoms with van der Waals surface area (Å²) in [5.41, 5.74) is 6.47. The minimum absolute atomic E-state index is 0.271. The van der Waals surface area contributed by atoms with E-state index < -0.39 is 10.0 Å². The molecule has 2 N–H and O–H groups in total. The van der Waals surface area contributed by atoms with Crippen LogP contribution in [0.2, 0.25) is 0 Å². The second-order valence-electron chi connectivity index (χ2n) is 5.68. The average molecular weight is 297 g/mol. The molecule has 2 atom stereocenters. The van der Waals surface area contributed by atoms with Gasteiger partial charge < -0.3 is 10.6 Å². The molecule has 2 rings (SSSR count). The maximum absolute atomic E-state index is 12.6. The lowest BCUT2D eigenvalue weighted by molar-refractivity contribution is 0.263. The largest absolute Gasteiger partial charge is 0.326 e. The van der Waals surface area contributed by atoms with Crippen molar-refractivity contribution in [2.24, 2.45) is 11.7 Å². The molecule has 112 valence electrons. The van der Waals surface area contributed by atoms with Crippen molar-refractivity contribution in [2.75, 3.05) is 27.2 Å². The third-order valence-corrected chi connectivity index (χ3v) is 5.85. The second kappa shape index (κ2) is 5.81. The summed E-state index contributed by atoms with van der Waals surface area (Å²) in [6.45, 7) is 3.64. The Labute approximate surface area is 121 Å². The summed E-state index contributed by atoms with van der Waals surface area (Å²) >= 11 is 0. The topological polar surface area (TPSA) is 66.6 Å². The first-order valence-electron chi connectivity index (χ1n) is 6.82. The average Bonchev–Trinajstić information content (AvgIpc) is 2.82. The summed E-state index contributed by atoms with van der Waals surface area (Å²) in [5.74, 6) is 0.336. The van der Waals surface area contributed by atoms with Gasteiger partial charge in [0, 0.05) is 25.7 Å². The van der Waals surface area contributed by atoms with Crippen molar-refractivity contribution in [3.05, 3.63) is 29.8 Å². The molecule has 0 radical (unpaired) electrons. The summed E-state index contributed by atoms with van der Waals surface area (Å²) in [6, 6.07) is 7.11. The molecule has 0 bridgehead atoms. The molecule has 5 nitrogen and oxygen atoms in total. The fraction of sp³-hybridized carbons (Fsp3) is 0.571. The fourth-order valence-corrected chi connectivity index (χ4v) is 4.28. The molecule has 20 heavy (non-hydrogen) atoms. The molecule has 1 heterocycles. The summed E-state index contributed by atoms with van der Waals surface area (Å²) < 4.78 is 26.8. The Balaban J connectivity index is 2.22. The van der Waals surface area contributed by atoms with Crippen LogP contribution in [0.1, 0.15) is 12.5 Å². The number of hydrogen-bond acceptors (Lipinski definition) is 4. The van der Waals surface area contributed by atoms with Crippen LogP contribution in [0.15, 0.2) is 29.2 Å². The van der Waals surface area contributed by atoms with Gasteiger partial charge in [0.2, 0.25) is 10.0 Å². The molecule has 0 amide bonds. The van der Waals surface area contributed by atoms with E-state index in [1.54, 1.807) is 28.6 Å². The molecule has 0 spiro atoms. The van der Waals surface area contributed by atoms with Crippen LogP contribution >= 0.6 is 0 Å². The Hall–Kier alpha value is -0.950. The van der Waals surface area contributed by atoms with E-state index in [0.29, 0.717) is 30.4 Å². The first-order chi connectivity index (χ1) is 9.36. The minimum Gasteiger partial charge on any atom is -0.326 e. The van der Waals surface area contributed by atoms with Gasteiger partial charge in [0.15, 0.2) is 0 Å². The van der Waals surface area contributed by atoms with Crippen molar-refractivity contribution >= 4 is 10.0 Å². The van der Waals surface area contributed by atoms with E-state index in [1.165, 1.54) is 0 Å².